The second-order valence-corrected chi connectivity index (χ2v) is 23.5. The van der Waals surface area contributed by atoms with Crippen LogP contribution in [0, 0.1) is 23.7 Å². The Bertz CT molecular complexity index is 3240. The van der Waals surface area contributed by atoms with Crippen molar-refractivity contribution in [1.29, 1.82) is 0 Å². The van der Waals surface area contributed by atoms with Crippen molar-refractivity contribution in [3.63, 3.8) is 0 Å². The summed E-state index contributed by atoms with van der Waals surface area (Å²) in [6.07, 6.45) is 0. The minimum absolute atomic E-state index is 0.138. The second kappa shape index (κ2) is 40.5. The number of carbonyl (C=O) groups is 2. The number of benzene rings is 5. The van der Waals surface area contributed by atoms with E-state index in [9.17, 15) is 19.8 Å². The average molecular weight is 1300 g/mol. The summed E-state index contributed by atoms with van der Waals surface area (Å²) in [5, 5.41) is 25.0. The lowest BCUT2D eigenvalue weighted by Gasteiger charge is -2.14. The van der Waals surface area contributed by atoms with Crippen LogP contribution in [0.15, 0.2) is 126 Å². The van der Waals surface area contributed by atoms with Crippen LogP contribution in [0.5, 0.6) is 23.0 Å². The molecule has 4 aliphatic heterocycles. The van der Waals surface area contributed by atoms with Gasteiger partial charge in [-0.15, -0.1) is 0 Å². The fourth-order valence-electron chi connectivity index (χ4n) is 8.10. The van der Waals surface area contributed by atoms with Crippen LogP contribution < -0.4 is 18.9 Å². The third-order valence-electron chi connectivity index (χ3n) is 12.5. The predicted molar refractivity (Wildman–Crippen MR) is 344 cm³/mol. The molecule has 0 aliphatic carbocycles. The summed E-state index contributed by atoms with van der Waals surface area (Å²) in [6, 6.07) is 27.7. The standard InChI is InChI=1S/C66H72O19S4/c67-63(68)51-13-7-49(8-14-51)11-17-53-44-62-54(18-12-50-9-15-52(16-10-50)64(69)70)43-61(53)84-41-37-78-29-25-72-20-22-75-32-34-81-46-56-48-87-66(89-56)65-86-47-55(88-65)45-80-33-31-74-21-19-71-23-27-76-35-39-82-59-5-1-4-58-57(59)3-2-6-60(58)83-40-36-77-28-24-73-26-30-79-38-42-85-62/h1-10,13-16,43-44,47-48H,19-42,45-46H2,(H,67,68)(H,69,70)/b66-65+. The first-order valence-electron chi connectivity index (χ1n) is 28.9. The molecule has 474 valence electrons. The van der Waals surface area contributed by atoms with Gasteiger partial charge in [-0.25, -0.2) is 9.59 Å². The molecule has 19 nitrogen and oxygen atoms in total. The van der Waals surface area contributed by atoms with Crippen LogP contribution in [0.4, 0.5) is 0 Å². The smallest absolute Gasteiger partial charge is 0.335 e. The van der Waals surface area contributed by atoms with Crippen LogP contribution in [-0.2, 0) is 52.1 Å². The number of thioether (sulfide) groups is 4. The highest BCUT2D eigenvalue weighted by Gasteiger charge is 2.22. The third kappa shape index (κ3) is 25.2. The molecule has 0 saturated carbocycles. The van der Waals surface area contributed by atoms with Gasteiger partial charge >= 0.3 is 11.9 Å². The molecule has 0 saturated heterocycles. The molecule has 0 amide bonds. The van der Waals surface area contributed by atoms with E-state index in [1.54, 1.807) is 83.4 Å². The predicted octanol–water partition coefficient (Wildman–Crippen LogP) is 10.2. The van der Waals surface area contributed by atoms with Gasteiger partial charge in [0.1, 0.15) is 49.4 Å². The minimum Gasteiger partial charge on any atom is -0.491 e. The number of ether oxygens (including phenoxy) is 15. The van der Waals surface area contributed by atoms with E-state index in [0.717, 1.165) is 27.2 Å². The van der Waals surface area contributed by atoms with E-state index in [1.165, 1.54) is 37.6 Å². The molecular formula is C66H72O19S4. The van der Waals surface area contributed by atoms with E-state index < -0.39 is 11.9 Å². The van der Waals surface area contributed by atoms with Crippen molar-refractivity contribution in [3.05, 3.63) is 160 Å². The Morgan fingerprint density at radius 3 is 0.944 bits per heavy atom. The van der Waals surface area contributed by atoms with Gasteiger partial charge in [0, 0.05) is 43.8 Å². The first-order valence-corrected chi connectivity index (χ1v) is 32.3. The molecule has 0 radical (unpaired) electrons. The lowest BCUT2D eigenvalue weighted by molar-refractivity contribution is -0.00236. The Labute approximate surface area is 535 Å². The molecule has 4 aliphatic rings. The van der Waals surface area contributed by atoms with Gasteiger partial charge in [-0.05, 0) is 71.5 Å². The molecule has 0 spiro atoms. The summed E-state index contributed by atoms with van der Waals surface area (Å²) in [7, 11) is 0. The molecule has 0 unspecified atom stereocenters. The van der Waals surface area contributed by atoms with Crippen LogP contribution in [0.1, 0.15) is 43.0 Å². The van der Waals surface area contributed by atoms with Crippen LogP contribution in [0.3, 0.4) is 0 Å². The fraction of sp³-hybridized carbons (Fsp3) is 0.394. The van der Waals surface area contributed by atoms with E-state index in [1.807, 2.05) is 36.4 Å². The number of aromatic carboxylic acids is 2. The van der Waals surface area contributed by atoms with Crippen molar-refractivity contribution < 1.29 is 90.9 Å². The molecular weight excluding hydrogens is 1220 g/mol. The van der Waals surface area contributed by atoms with Gasteiger partial charge in [0.05, 0.1) is 176 Å². The zero-order valence-corrected chi connectivity index (χ0v) is 52.5. The summed E-state index contributed by atoms with van der Waals surface area (Å²) in [4.78, 5) is 25.4. The van der Waals surface area contributed by atoms with E-state index in [4.69, 9.17) is 71.1 Å². The highest BCUT2D eigenvalue weighted by Crippen LogP contribution is 2.55. The van der Waals surface area contributed by atoms with Gasteiger partial charge in [0.2, 0.25) is 0 Å². The molecule has 5 aromatic rings. The highest BCUT2D eigenvalue weighted by molar-refractivity contribution is 8.33. The number of fused-ring (bicyclic) bond motifs is 40. The largest absolute Gasteiger partial charge is 0.491 e. The minimum atomic E-state index is -1.04. The van der Waals surface area contributed by atoms with Gasteiger partial charge < -0.3 is 81.3 Å². The summed E-state index contributed by atoms with van der Waals surface area (Å²) in [6.45, 7) is 9.92. The maximum atomic E-state index is 11.5. The molecule has 89 heavy (non-hydrogen) atoms. The van der Waals surface area contributed by atoms with Gasteiger partial charge in [-0.1, -0.05) is 95.0 Å². The van der Waals surface area contributed by atoms with Gasteiger partial charge in [-0.3, -0.25) is 0 Å². The maximum Gasteiger partial charge on any atom is 0.335 e. The molecule has 0 aromatic heterocycles. The van der Waals surface area contributed by atoms with Gasteiger partial charge in [-0.2, -0.15) is 0 Å². The highest BCUT2D eigenvalue weighted by atomic mass is 32.2. The van der Waals surface area contributed by atoms with Gasteiger partial charge in [0.15, 0.2) is 0 Å². The molecule has 0 atom stereocenters. The quantitative estimate of drug-likeness (QED) is 0.124. The molecule has 4 heterocycles. The number of rotatable bonds is 2. The summed E-state index contributed by atoms with van der Waals surface area (Å²) < 4.78 is 90.8. The zero-order chi connectivity index (χ0) is 61.8. The van der Waals surface area contributed by atoms with Crippen LogP contribution in [0.2, 0.25) is 0 Å². The van der Waals surface area contributed by atoms with E-state index in [-0.39, 0.29) is 37.6 Å². The lowest BCUT2D eigenvalue weighted by Crippen LogP contribution is -2.15. The fourth-order valence-corrected chi connectivity index (χ4v) is 12.9. The molecule has 5 aromatic carbocycles. The molecule has 23 heteroatoms. The van der Waals surface area contributed by atoms with Crippen molar-refractivity contribution in [2.24, 2.45) is 0 Å². The lowest BCUT2D eigenvalue weighted by atomic mass is 10.1. The Morgan fingerprint density at radius 2 is 0.629 bits per heavy atom. The Kier molecular flexibility index (Phi) is 31.3. The maximum absolute atomic E-state index is 11.5. The molecule has 0 fully saturated rings. The molecule has 10 bridgehead atoms. The first kappa shape index (κ1) is 68.7. The van der Waals surface area contributed by atoms with Crippen LogP contribution >= 0.6 is 47.0 Å². The van der Waals surface area contributed by atoms with Crippen molar-refractivity contribution in [2.75, 3.05) is 172 Å². The first-order chi connectivity index (χ1) is 43.9. The monoisotopic (exact) mass is 1300 g/mol. The Hall–Kier alpha value is -6.20. The Morgan fingerprint density at radius 1 is 0.337 bits per heavy atom. The number of hydrogen-bond acceptors (Lipinski definition) is 21. The Balaban J connectivity index is 0.831. The average Bonchev–Trinajstić information content (AvgIpc) is 3.82. The number of carboxylic acids is 2. The van der Waals surface area contributed by atoms with Crippen molar-refractivity contribution in [3.8, 4) is 46.7 Å². The van der Waals surface area contributed by atoms with E-state index in [0.29, 0.717) is 179 Å². The van der Waals surface area contributed by atoms with Crippen molar-refractivity contribution in [2.45, 2.75) is 0 Å². The SMILES string of the molecule is O=C(O)c1ccc(C#Cc2cc3c(C#Cc4ccc(C(=O)O)cc4)cc2OCCOCCOCCOCCOCC2=CS/C(=C4/SC=C(COCCOCCOCCOCCOc5cccc6c(cccc56)OCCOCCOCCOCCO3)S4)S2)cc1. The molecule has 2 N–H and O–H groups in total. The zero-order valence-electron chi connectivity index (χ0n) is 49.2. The molecule has 9 rings (SSSR count). The normalized spacial score (nSPS) is 19.1. The van der Waals surface area contributed by atoms with Crippen molar-refractivity contribution >= 4 is 69.8 Å². The van der Waals surface area contributed by atoms with Crippen molar-refractivity contribution in [1.82, 2.24) is 0 Å². The van der Waals surface area contributed by atoms with E-state index in [2.05, 4.69) is 34.5 Å². The topological polar surface area (TPSA) is 213 Å². The van der Waals surface area contributed by atoms with Crippen LogP contribution in [0.25, 0.3) is 10.8 Å². The van der Waals surface area contributed by atoms with Crippen LogP contribution in [-0.4, -0.2) is 194 Å². The summed E-state index contributed by atoms with van der Waals surface area (Å²) in [5.41, 5.74) is 2.40. The summed E-state index contributed by atoms with van der Waals surface area (Å²) in [5.74, 6) is 12.7. The number of carboxylic acid groups (broad SMARTS) is 2. The van der Waals surface area contributed by atoms with Gasteiger partial charge in [0.25, 0.3) is 0 Å². The third-order valence-corrected chi connectivity index (χ3v) is 17.8. The number of hydrogen-bond donors (Lipinski definition) is 2. The van der Waals surface area contributed by atoms with E-state index >= 15 is 0 Å². The second-order valence-electron chi connectivity index (χ2n) is 18.9. The summed E-state index contributed by atoms with van der Waals surface area (Å²) >= 11 is 6.92.